The van der Waals surface area contributed by atoms with Crippen molar-refractivity contribution in [1.29, 1.82) is 0 Å². The molecule has 10 heteroatoms. The number of hydrogen-bond donors (Lipinski definition) is 0. The summed E-state index contributed by atoms with van der Waals surface area (Å²) in [6.07, 6.45) is -4.92. The molecule has 0 aliphatic carbocycles. The normalized spacial score (nSPS) is 11.1. The Kier molecular flexibility index (Phi) is 4.55. The highest BCUT2D eigenvalue weighted by molar-refractivity contribution is 7.12. The van der Waals surface area contributed by atoms with Crippen LogP contribution in [-0.2, 0) is 10.9 Å². The van der Waals surface area contributed by atoms with E-state index in [2.05, 4.69) is 4.74 Å². The van der Waals surface area contributed by atoms with Crippen molar-refractivity contribution in [3.8, 4) is 11.5 Å². The number of benzene rings is 1. The largest absolute Gasteiger partial charge is 0.465 e. The van der Waals surface area contributed by atoms with Crippen LogP contribution in [0.3, 0.4) is 0 Å². The molecule has 1 heterocycles. The van der Waals surface area contributed by atoms with Crippen molar-refractivity contribution in [2.24, 2.45) is 0 Å². The van der Waals surface area contributed by atoms with Crippen LogP contribution in [0.5, 0.6) is 11.5 Å². The van der Waals surface area contributed by atoms with Crippen molar-refractivity contribution in [3.05, 3.63) is 50.2 Å². The van der Waals surface area contributed by atoms with Crippen LogP contribution in [0.15, 0.2) is 29.6 Å². The molecule has 122 valence electrons. The number of alkyl halides is 3. The Morgan fingerprint density at radius 3 is 2.57 bits per heavy atom. The van der Waals surface area contributed by atoms with E-state index in [1.807, 2.05) is 0 Å². The fraction of sp³-hybridized carbons (Fsp3) is 0.154. The molecule has 0 aliphatic heterocycles. The number of nitro groups is 1. The van der Waals surface area contributed by atoms with Gasteiger partial charge in [0.15, 0.2) is 10.6 Å². The van der Waals surface area contributed by atoms with Gasteiger partial charge in [0.25, 0.3) is 5.69 Å². The van der Waals surface area contributed by atoms with Crippen molar-refractivity contribution < 1.29 is 32.4 Å². The second-order valence-electron chi connectivity index (χ2n) is 4.14. The van der Waals surface area contributed by atoms with Crippen LogP contribution < -0.4 is 4.74 Å². The molecule has 2 rings (SSSR count). The summed E-state index contributed by atoms with van der Waals surface area (Å²) in [4.78, 5) is 21.1. The lowest BCUT2D eigenvalue weighted by molar-refractivity contribution is -0.388. The summed E-state index contributed by atoms with van der Waals surface area (Å²) in [5, 5.41) is 12.2. The average molecular weight is 347 g/mol. The molecule has 6 nitrogen and oxygen atoms in total. The van der Waals surface area contributed by atoms with E-state index in [0.717, 1.165) is 24.5 Å². The molecule has 0 radical (unpaired) electrons. The van der Waals surface area contributed by atoms with E-state index in [1.54, 1.807) is 0 Å². The zero-order valence-electron chi connectivity index (χ0n) is 11.4. The third-order valence-corrected chi connectivity index (χ3v) is 3.57. The lowest BCUT2D eigenvalue weighted by Crippen LogP contribution is -2.09. The van der Waals surface area contributed by atoms with Crippen LogP contribution >= 0.6 is 11.3 Å². The quantitative estimate of drug-likeness (QED) is 0.469. The van der Waals surface area contributed by atoms with Crippen LogP contribution in [0, 0.1) is 10.1 Å². The van der Waals surface area contributed by atoms with E-state index in [-0.39, 0.29) is 16.4 Å². The maximum Gasteiger partial charge on any atom is 0.423 e. The van der Waals surface area contributed by atoms with E-state index in [4.69, 9.17) is 4.74 Å². The van der Waals surface area contributed by atoms with Crippen molar-refractivity contribution >= 4 is 23.0 Å². The molecule has 1 aromatic heterocycles. The van der Waals surface area contributed by atoms with Crippen LogP contribution in [0.2, 0.25) is 0 Å². The number of ether oxygens (including phenoxy) is 2. The Morgan fingerprint density at radius 1 is 1.30 bits per heavy atom. The van der Waals surface area contributed by atoms with Crippen LogP contribution in [-0.4, -0.2) is 18.0 Å². The molecule has 0 spiro atoms. The second-order valence-corrected chi connectivity index (χ2v) is 5.06. The fourth-order valence-electron chi connectivity index (χ4n) is 1.71. The predicted octanol–water partition coefficient (Wildman–Crippen LogP) is 4.25. The van der Waals surface area contributed by atoms with E-state index in [0.29, 0.717) is 12.1 Å². The summed E-state index contributed by atoms with van der Waals surface area (Å²) in [5.74, 6) is -0.983. The first-order valence-electron chi connectivity index (χ1n) is 5.93. The van der Waals surface area contributed by atoms with E-state index in [9.17, 15) is 28.1 Å². The third kappa shape index (κ3) is 3.59. The van der Waals surface area contributed by atoms with Gasteiger partial charge >= 0.3 is 12.1 Å². The van der Waals surface area contributed by atoms with E-state index < -0.39 is 28.3 Å². The van der Waals surface area contributed by atoms with E-state index in [1.165, 1.54) is 11.4 Å². The minimum atomic E-state index is -4.92. The number of hydrogen-bond acceptors (Lipinski definition) is 6. The number of methoxy groups -OCH3 is 1. The number of nitrogens with zero attached hydrogens (tertiary/aromatic N) is 1. The first-order valence-corrected chi connectivity index (χ1v) is 6.81. The first-order chi connectivity index (χ1) is 10.7. The Balaban J connectivity index is 2.41. The number of carbonyl (C=O) groups is 1. The van der Waals surface area contributed by atoms with Gasteiger partial charge in [-0.1, -0.05) is 0 Å². The van der Waals surface area contributed by atoms with Gasteiger partial charge < -0.3 is 9.47 Å². The lowest BCUT2D eigenvalue weighted by Gasteiger charge is -2.10. The third-order valence-electron chi connectivity index (χ3n) is 2.70. The van der Waals surface area contributed by atoms with Crippen molar-refractivity contribution in [2.75, 3.05) is 7.11 Å². The second kappa shape index (κ2) is 6.24. The van der Waals surface area contributed by atoms with Crippen LogP contribution in [0.25, 0.3) is 0 Å². The summed E-state index contributed by atoms with van der Waals surface area (Å²) < 4.78 is 48.4. The highest BCUT2D eigenvalue weighted by Gasteiger charge is 2.38. The van der Waals surface area contributed by atoms with Gasteiger partial charge in [-0.25, -0.2) is 4.79 Å². The average Bonchev–Trinajstić information content (AvgIpc) is 2.93. The standard InChI is InChI=1S/C13H8F3NO5S/c1-21-12(18)11-10(4-5-23-11)22-7-2-3-9(17(19)20)8(6-7)13(14,15)16/h2-6H,1H3. The molecule has 0 N–H and O–H groups in total. The first kappa shape index (κ1) is 16.7. The minimum Gasteiger partial charge on any atom is -0.465 e. The Hall–Kier alpha value is -2.62. The van der Waals surface area contributed by atoms with Gasteiger partial charge in [-0.05, 0) is 23.6 Å². The zero-order chi connectivity index (χ0) is 17.2. The molecule has 0 saturated heterocycles. The van der Waals surface area contributed by atoms with Crippen molar-refractivity contribution in [1.82, 2.24) is 0 Å². The van der Waals surface area contributed by atoms with Crippen LogP contribution in [0.1, 0.15) is 15.2 Å². The number of esters is 1. The highest BCUT2D eigenvalue weighted by atomic mass is 32.1. The molecule has 0 bridgehead atoms. The van der Waals surface area contributed by atoms with Gasteiger partial charge in [0.05, 0.1) is 12.0 Å². The van der Waals surface area contributed by atoms with Crippen LogP contribution in [0.4, 0.5) is 18.9 Å². The monoisotopic (exact) mass is 347 g/mol. The molecule has 2 aromatic rings. The number of thiophene rings is 1. The van der Waals surface area contributed by atoms with Gasteiger partial charge in [-0.15, -0.1) is 11.3 Å². The summed E-state index contributed by atoms with van der Waals surface area (Å²) in [6, 6.07) is 3.61. The molecule has 0 amide bonds. The van der Waals surface area contributed by atoms with E-state index >= 15 is 0 Å². The SMILES string of the molecule is COC(=O)c1sccc1Oc1ccc([N+](=O)[O-])c(C(F)(F)F)c1. The zero-order valence-corrected chi connectivity index (χ0v) is 12.2. The van der Waals surface area contributed by atoms with Gasteiger partial charge in [-0.3, -0.25) is 10.1 Å². The van der Waals surface area contributed by atoms with Gasteiger partial charge in [0, 0.05) is 6.07 Å². The summed E-state index contributed by atoms with van der Waals surface area (Å²) >= 11 is 0.989. The van der Waals surface area contributed by atoms with Crippen molar-refractivity contribution in [2.45, 2.75) is 6.18 Å². The molecular weight excluding hydrogens is 339 g/mol. The lowest BCUT2D eigenvalue weighted by atomic mass is 10.1. The number of nitro benzene ring substituents is 1. The van der Waals surface area contributed by atoms with Gasteiger partial charge in [-0.2, -0.15) is 13.2 Å². The molecule has 0 fully saturated rings. The molecule has 0 saturated carbocycles. The Morgan fingerprint density at radius 2 is 2.00 bits per heavy atom. The molecule has 0 atom stereocenters. The number of halogens is 3. The van der Waals surface area contributed by atoms with Crippen molar-refractivity contribution in [3.63, 3.8) is 0 Å². The Labute approximate surface area is 131 Å². The molecule has 1 aromatic carbocycles. The summed E-state index contributed by atoms with van der Waals surface area (Å²) in [7, 11) is 1.15. The Bertz CT molecular complexity index is 756. The molecule has 23 heavy (non-hydrogen) atoms. The number of carbonyl (C=O) groups excluding carboxylic acids is 1. The predicted molar refractivity (Wildman–Crippen MR) is 73.8 cm³/mol. The highest BCUT2D eigenvalue weighted by Crippen LogP contribution is 2.39. The fourth-order valence-corrected chi connectivity index (χ4v) is 2.44. The number of rotatable bonds is 4. The smallest absolute Gasteiger partial charge is 0.423 e. The summed E-state index contributed by atoms with van der Waals surface area (Å²) in [6.45, 7) is 0. The maximum atomic E-state index is 12.9. The minimum absolute atomic E-state index is 0.00354. The molecule has 0 unspecified atom stereocenters. The van der Waals surface area contributed by atoms with Gasteiger partial charge in [0.2, 0.25) is 0 Å². The molecular formula is C13H8F3NO5S. The maximum absolute atomic E-state index is 12.9. The topological polar surface area (TPSA) is 78.7 Å². The van der Waals surface area contributed by atoms with Gasteiger partial charge in [0.1, 0.15) is 11.3 Å². The molecule has 0 aliphatic rings. The summed E-state index contributed by atoms with van der Waals surface area (Å²) in [5.41, 5.74) is -2.52.